The Morgan fingerprint density at radius 2 is 1.86 bits per heavy atom. The lowest BCUT2D eigenvalue weighted by Crippen LogP contribution is -2.39. The van der Waals surface area contributed by atoms with Gasteiger partial charge >= 0.3 is 5.97 Å². The highest BCUT2D eigenvalue weighted by molar-refractivity contribution is 7.07. The zero-order valence-corrected chi connectivity index (χ0v) is 19.7. The zero-order chi connectivity index (χ0) is 25.4. The first-order chi connectivity index (χ1) is 16.6. The van der Waals surface area contributed by atoms with Crippen molar-refractivity contribution in [2.45, 2.75) is 13.0 Å². The Hall–Kier alpha value is -4.16. The van der Waals surface area contributed by atoms with Crippen molar-refractivity contribution in [3.8, 4) is 0 Å². The Bertz CT molecular complexity index is 1620. The molecule has 0 spiro atoms. The van der Waals surface area contributed by atoms with Crippen LogP contribution in [0.25, 0.3) is 6.08 Å². The second-order valence-electron chi connectivity index (χ2n) is 7.36. The number of carbonyl (C=O) groups is 1. The standard InChI is InChI=1S/C22H15ClN4O7S/c1-11-18(21(29)34-2)19(13-7-8-14(23)16(9-13)27(32)33)25-20(28)17(35-22(25)24-11)10-12-5-3-4-6-15(12)26(30)31/h3-10,19H,1-2H3. The molecule has 1 atom stereocenters. The van der Waals surface area contributed by atoms with E-state index in [1.54, 1.807) is 13.0 Å². The normalized spacial score (nSPS) is 15.4. The molecule has 2 heterocycles. The number of hydrogen-bond donors (Lipinski definition) is 0. The number of hydrogen-bond acceptors (Lipinski definition) is 9. The van der Waals surface area contributed by atoms with Crippen molar-refractivity contribution in [2.75, 3.05) is 7.11 Å². The number of nitro benzene ring substituents is 2. The van der Waals surface area contributed by atoms with E-state index < -0.39 is 33.1 Å². The Labute approximate surface area is 205 Å². The number of para-hydroxylation sites is 1. The summed E-state index contributed by atoms with van der Waals surface area (Å²) in [6.07, 6.45) is 1.38. The van der Waals surface area contributed by atoms with E-state index in [0.717, 1.165) is 11.3 Å². The summed E-state index contributed by atoms with van der Waals surface area (Å²) in [6.45, 7) is 1.56. The molecular weight excluding hydrogens is 500 g/mol. The van der Waals surface area contributed by atoms with Gasteiger partial charge in [0.25, 0.3) is 16.9 Å². The maximum Gasteiger partial charge on any atom is 0.338 e. The maximum absolute atomic E-state index is 13.5. The van der Waals surface area contributed by atoms with Gasteiger partial charge in [0.2, 0.25) is 0 Å². The van der Waals surface area contributed by atoms with Crippen molar-refractivity contribution < 1.29 is 19.4 Å². The average molecular weight is 515 g/mol. The van der Waals surface area contributed by atoms with E-state index in [-0.39, 0.29) is 42.4 Å². The van der Waals surface area contributed by atoms with Gasteiger partial charge in [-0.3, -0.25) is 29.6 Å². The summed E-state index contributed by atoms with van der Waals surface area (Å²) in [4.78, 5) is 52.4. The van der Waals surface area contributed by atoms with Crippen molar-refractivity contribution in [1.29, 1.82) is 0 Å². The monoisotopic (exact) mass is 514 g/mol. The molecule has 178 valence electrons. The first kappa shape index (κ1) is 24.0. The van der Waals surface area contributed by atoms with Gasteiger partial charge in [0.1, 0.15) is 5.02 Å². The number of allylic oxidation sites excluding steroid dienone is 1. The van der Waals surface area contributed by atoms with Crippen molar-refractivity contribution in [3.05, 3.63) is 110 Å². The van der Waals surface area contributed by atoms with Crippen LogP contribution in [0.5, 0.6) is 0 Å². The molecule has 4 rings (SSSR count). The average Bonchev–Trinajstić information content (AvgIpc) is 3.12. The maximum atomic E-state index is 13.5. The van der Waals surface area contributed by atoms with Crippen LogP contribution < -0.4 is 14.9 Å². The highest BCUT2D eigenvalue weighted by atomic mass is 35.5. The third kappa shape index (κ3) is 4.24. The highest BCUT2D eigenvalue weighted by Gasteiger charge is 2.34. The molecule has 3 aromatic rings. The molecule has 0 aliphatic carbocycles. The number of fused-ring (bicyclic) bond motifs is 1. The minimum Gasteiger partial charge on any atom is -0.466 e. The Morgan fingerprint density at radius 3 is 2.51 bits per heavy atom. The molecule has 1 aliphatic heterocycles. The van der Waals surface area contributed by atoms with Crippen LogP contribution in [-0.4, -0.2) is 27.5 Å². The van der Waals surface area contributed by atoms with Gasteiger partial charge in [0.05, 0.1) is 44.4 Å². The summed E-state index contributed by atoms with van der Waals surface area (Å²) < 4.78 is 6.25. The molecule has 1 aliphatic rings. The van der Waals surface area contributed by atoms with E-state index in [1.165, 1.54) is 54.2 Å². The molecule has 0 amide bonds. The van der Waals surface area contributed by atoms with Crippen LogP contribution in [0.4, 0.5) is 11.4 Å². The van der Waals surface area contributed by atoms with E-state index in [4.69, 9.17) is 16.3 Å². The predicted octanol–water partition coefficient (Wildman–Crippen LogP) is 2.88. The molecule has 1 aromatic heterocycles. The van der Waals surface area contributed by atoms with Crippen molar-refractivity contribution in [2.24, 2.45) is 4.99 Å². The van der Waals surface area contributed by atoms with E-state index in [0.29, 0.717) is 0 Å². The van der Waals surface area contributed by atoms with E-state index in [9.17, 15) is 29.8 Å². The van der Waals surface area contributed by atoms with Gasteiger partial charge in [-0.15, -0.1) is 0 Å². The van der Waals surface area contributed by atoms with Crippen LogP contribution in [0.15, 0.2) is 63.5 Å². The smallest absolute Gasteiger partial charge is 0.338 e. The van der Waals surface area contributed by atoms with Crippen LogP contribution in [-0.2, 0) is 9.53 Å². The first-order valence-corrected chi connectivity index (χ1v) is 11.1. The number of rotatable bonds is 5. The Morgan fingerprint density at radius 1 is 1.17 bits per heavy atom. The van der Waals surface area contributed by atoms with E-state index in [1.807, 2.05) is 0 Å². The molecule has 1 unspecified atom stereocenters. The SMILES string of the molecule is COC(=O)C1=C(C)N=c2sc(=Cc3ccccc3[N+](=O)[O-])c(=O)n2C1c1ccc(Cl)c([N+](=O)[O-])c1. The second-order valence-corrected chi connectivity index (χ2v) is 8.77. The zero-order valence-electron chi connectivity index (χ0n) is 18.1. The summed E-state index contributed by atoms with van der Waals surface area (Å²) in [5.74, 6) is -0.762. The predicted molar refractivity (Wildman–Crippen MR) is 127 cm³/mol. The van der Waals surface area contributed by atoms with Crippen LogP contribution in [0.1, 0.15) is 24.1 Å². The molecule has 0 fully saturated rings. The minimum atomic E-state index is -1.09. The van der Waals surface area contributed by atoms with E-state index >= 15 is 0 Å². The summed E-state index contributed by atoms with van der Waals surface area (Å²) in [7, 11) is 1.17. The third-order valence-electron chi connectivity index (χ3n) is 5.33. The first-order valence-electron chi connectivity index (χ1n) is 9.92. The van der Waals surface area contributed by atoms with Gasteiger partial charge in [0.15, 0.2) is 4.80 Å². The lowest BCUT2D eigenvalue weighted by molar-refractivity contribution is -0.385. The fourth-order valence-electron chi connectivity index (χ4n) is 3.76. The van der Waals surface area contributed by atoms with Crippen LogP contribution in [0.3, 0.4) is 0 Å². The van der Waals surface area contributed by atoms with Gasteiger partial charge < -0.3 is 4.74 Å². The van der Waals surface area contributed by atoms with Gasteiger partial charge in [-0.05, 0) is 30.7 Å². The number of nitro groups is 2. The van der Waals surface area contributed by atoms with Crippen molar-refractivity contribution in [3.63, 3.8) is 0 Å². The third-order valence-corrected chi connectivity index (χ3v) is 6.63. The highest BCUT2D eigenvalue weighted by Crippen LogP contribution is 2.34. The molecule has 11 nitrogen and oxygen atoms in total. The molecule has 0 bridgehead atoms. The number of aromatic nitrogens is 1. The minimum absolute atomic E-state index is 0.0220. The molecule has 0 N–H and O–H groups in total. The van der Waals surface area contributed by atoms with Gasteiger partial charge in [-0.25, -0.2) is 9.79 Å². The molecule has 13 heteroatoms. The summed E-state index contributed by atoms with van der Waals surface area (Å²) in [5.41, 5.74) is -0.422. The molecule has 0 saturated carbocycles. The number of thiazole rings is 1. The fraction of sp³-hybridized carbons (Fsp3) is 0.136. The number of ether oxygens (including phenoxy) is 1. The molecular formula is C22H15ClN4O7S. The van der Waals surface area contributed by atoms with Gasteiger partial charge in [-0.2, -0.15) is 0 Å². The Kier molecular flexibility index (Phi) is 6.33. The molecule has 2 aromatic carbocycles. The number of halogens is 1. The largest absolute Gasteiger partial charge is 0.466 e. The lowest BCUT2D eigenvalue weighted by Gasteiger charge is -2.24. The van der Waals surface area contributed by atoms with E-state index in [2.05, 4.69) is 4.99 Å². The van der Waals surface area contributed by atoms with Crippen molar-refractivity contribution in [1.82, 2.24) is 4.57 Å². The van der Waals surface area contributed by atoms with Crippen LogP contribution in [0, 0.1) is 20.2 Å². The summed E-state index contributed by atoms with van der Waals surface area (Å²) in [5, 5.41) is 22.8. The fourth-order valence-corrected chi connectivity index (χ4v) is 4.99. The number of methoxy groups -OCH3 is 1. The van der Waals surface area contributed by atoms with Crippen LogP contribution >= 0.6 is 22.9 Å². The topological polar surface area (TPSA) is 147 Å². The summed E-state index contributed by atoms with van der Waals surface area (Å²) >= 11 is 6.93. The number of benzene rings is 2. The summed E-state index contributed by atoms with van der Waals surface area (Å²) in [6, 6.07) is 8.81. The molecule has 0 saturated heterocycles. The second kappa shape index (κ2) is 9.24. The number of carbonyl (C=O) groups excluding carboxylic acids is 1. The van der Waals surface area contributed by atoms with Gasteiger partial charge in [0, 0.05) is 12.1 Å². The van der Waals surface area contributed by atoms with Crippen molar-refractivity contribution >= 4 is 46.4 Å². The van der Waals surface area contributed by atoms with Crippen LogP contribution in [0.2, 0.25) is 5.02 Å². The number of nitrogens with zero attached hydrogens (tertiary/aromatic N) is 4. The Balaban J connectivity index is 2.02. The molecule has 0 radical (unpaired) electrons. The molecule has 35 heavy (non-hydrogen) atoms. The quantitative estimate of drug-likeness (QED) is 0.289. The van der Waals surface area contributed by atoms with Gasteiger partial charge in [-0.1, -0.05) is 41.1 Å². The lowest BCUT2D eigenvalue weighted by atomic mass is 9.95. The number of esters is 1.